The summed E-state index contributed by atoms with van der Waals surface area (Å²) in [4.78, 5) is 0. The van der Waals surface area contributed by atoms with Crippen LogP contribution in [0, 0.1) is 5.82 Å². The van der Waals surface area contributed by atoms with Crippen LogP contribution in [0.25, 0.3) is 0 Å². The van der Waals surface area contributed by atoms with E-state index in [1.54, 1.807) is 12.1 Å². The highest BCUT2D eigenvalue weighted by Gasteiger charge is 2.05. The summed E-state index contributed by atoms with van der Waals surface area (Å²) in [6, 6.07) is 11.4. The third-order valence-corrected chi connectivity index (χ3v) is 2.75. The molecular weight excluding hydrogens is 287 g/mol. The molecule has 2 nitrogen and oxygen atoms in total. The van der Waals surface area contributed by atoms with Crippen molar-refractivity contribution in [2.45, 2.75) is 6.61 Å². The van der Waals surface area contributed by atoms with Crippen LogP contribution in [-0.4, -0.2) is 5.11 Å². The molecule has 17 heavy (non-hydrogen) atoms. The third-order valence-electron chi connectivity index (χ3n) is 2.22. The Kier molecular flexibility index (Phi) is 3.76. The predicted octanol–water partition coefficient (Wildman–Crippen LogP) is 3.87. The van der Waals surface area contributed by atoms with E-state index in [0.717, 1.165) is 4.47 Å². The van der Waals surface area contributed by atoms with Gasteiger partial charge in [-0.3, -0.25) is 0 Å². The van der Waals surface area contributed by atoms with Gasteiger partial charge in [0.15, 0.2) is 11.6 Å². The van der Waals surface area contributed by atoms with Gasteiger partial charge in [-0.2, -0.15) is 0 Å². The highest BCUT2D eigenvalue weighted by Crippen LogP contribution is 2.26. The second kappa shape index (κ2) is 5.29. The first-order chi connectivity index (χ1) is 8.19. The summed E-state index contributed by atoms with van der Waals surface area (Å²) in [5.74, 6) is 0.200. The number of aliphatic hydroxyl groups excluding tert-OH is 1. The lowest BCUT2D eigenvalue weighted by Gasteiger charge is -2.08. The van der Waals surface area contributed by atoms with Gasteiger partial charge in [0.2, 0.25) is 0 Å². The number of hydrogen-bond donors (Lipinski definition) is 1. The molecule has 4 heteroatoms. The quantitative estimate of drug-likeness (QED) is 0.931. The number of ether oxygens (including phenoxy) is 1. The van der Waals surface area contributed by atoms with Crippen molar-refractivity contribution in [1.29, 1.82) is 0 Å². The summed E-state index contributed by atoms with van der Waals surface area (Å²) >= 11 is 3.31. The zero-order chi connectivity index (χ0) is 12.3. The van der Waals surface area contributed by atoms with Crippen molar-refractivity contribution in [3.8, 4) is 11.5 Å². The summed E-state index contributed by atoms with van der Waals surface area (Å²) in [7, 11) is 0. The maximum Gasteiger partial charge on any atom is 0.165 e. The van der Waals surface area contributed by atoms with E-state index in [9.17, 15) is 4.39 Å². The Morgan fingerprint density at radius 2 is 1.82 bits per heavy atom. The predicted molar refractivity (Wildman–Crippen MR) is 66.5 cm³/mol. The van der Waals surface area contributed by atoms with Crippen molar-refractivity contribution < 1.29 is 14.2 Å². The van der Waals surface area contributed by atoms with Crippen LogP contribution in [0.4, 0.5) is 4.39 Å². The van der Waals surface area contributed by atoms with Crippen LogP contribution in [0.3, 0.4) is 0 Å². The Bertz CT molecular complexity index is 511. The highest BCUT2D eigenvalue weighted by molar-refractivity contribution is 9.10. The maximum atomic E-state index is 13.5. The minimum Gasteiger partial charge on any atom is -0.454 e. The number of halogens is 2. The number of hydrogen-bond acceptors (Lipinski definition) is 2. The average Bonchev–Trinajstić information content (AvgIpc) is 2.35. The topological polar surface area (TPSA) is 29.5 Å². The molecule has 0 aliphatic carbocycles. The minimum atomic E-state index is -0.454. The molecule has 2 rings (SSSR count). The van der Waals surface area contributed by atoms with Gasteiger partial charge in [0.05, 0.1) is 6.61 Å². The van der Waals surface area contributed by atoms with Crippen LogP contribution in [0.1, 0.15) is 5.56 Å². The first kappa shape index (κ1) is 12.1. The number of benzene rings is 2. The Balaban J connectivity index is 2.25. The van der Waals surface area contributed by atoms with E-state index in [-0.39, 0.29) is 12.4 Å². The van der Waals surface area contributed by atoms with Gasteiger partial charge in [-0.05, 0) is 42.0 Å². The van der Waals surface area contributed by atoms with E-state index in [1.807, 2.05) is 12.1 Å². The second-order valence-corrected chi connectivity index (χ2v) is 4.39. The molecule has 0 amide bonds. The maximum absolute atomic E-state index is 13.5. The molecule has 0 spiro atoms. The van der Waals surface area contributed by atoms with Gasteiger partial charge < -0.3 is 9.84 Å². The molecule has 0 aliphatic heterocycles. The van der Waals surface area contributed by atoms with E-state index < -0.39 is 5.82 Å². The molecule has 0 fully saturated rings. The van der Waals surface area contributed by atoms with Gasteiger partial charge in [0.1, 0.15) is 5.75 Å². The molecule has 0 radical (unpaired) electrons. The van der Waals surface area contributed by atoms with Gasteiger partial charge >= 0.3 is 0 Å². The molecule has 0 saturated heterocycles. The second-order valence-electron chi connectivity index (χ2n) is 3.48. The van der Waals surface area contributed by atoms with Gasteiger partial charge in [0, 0.05) is 4.47 Å². The zero-order valence-corrected chi connectivity index (χ0v) is 10.4. The average molecular weight is 297 g/mol. The van der Waals surface area contributed by atoms with Crippen molar-refractivity contribution in [3.63, 3.8) is 0 Å². The summed E-state index contributed by atoms with van der Waals surface area (Å²) in [5.41, 5.74) is 0.610. The molecule has 1 N–H and O–H groups in total. The fraction of sp³-hybridized carbons (Fsp3) is 0.0769. The van der Waals surface area contributed by atoms with Crippen molar-refractivity contribution in [3.05, 3.63) is 58.3 Å². The molecular formula is C13H10BrFO2. The molecule has 0 saturated carbocycles. The molecule has 0 atom stereocenters. The van der Waals surface area contributed by atoms with Crippen LogP contribution < -0.4 is 4.74 Å². The van der Waals surface area contributed by atoms with Gasteiger partial charge in [-0.15, -0.1) is 0 Å². The highest BCUT2D eigenvalue weighted by atomic mass is 79.9. The lowest BCUT2D eigenvalue weighted by atomic mass is 10.2. The van der Waals surface area contributed by atoms with Crippen molar-refractivity contribution in [2.24, 2.45) is 0 Å². The lowest BCUT2D eigenvalue weighted by Crippen LogP contribution is -1.91. The van der Waals surface area contributed by atoms with Crippen molar-refractivity contribution in [1.82, 2.24) is 0 Å². The summed E-state index contributed by atoms with van der Waals surface area (Å²) in [6.45, 7) is -0.142. The normalized spacial score (nSPS) is 10.3. The smallest absolute Gasteiger partial charge is 0.165 e. The van der Waals surface area contributed by atoms with Gasteiger partial charge in [0.25, 0.3) is 0 Å². The SMILES string of the molecule is OCc1ccc(F)c(Oc2ccc(Br)cc2)c1. The zero-order valence-electron chi connectivity index (χ0n) is 8.86. The van der Waals surface area contributed by atoms with Gasteiger partial charge in [-0.1, -0.05) is 22.0 Å². The molecule has 0 aromatic heterocycles. The summed E-state index contributed by atoms with van der Waals surface area (Å²) < 4.78 is 19.8. The molecule has 88 valence electrons. The van der Waals surface area contributed by atoms with Gasteiger partial charge in [-0.25, -0.2) is 4.39 Å². The standard InChI is InChI=1S/C13H10BrFO2/c14-10-2-4-11(5-3-10)17-13-7-9(8-16)1-6-12(13)15/h1-7,16H,8H2. The van der Waals surface area contributed by atoms with Crippen LogP contribution in [0.2, 0.25) is 0 Å². The molecule has 0 bridgehead atoms. The summed E-state index contributed by atoms with van der Waals surface area (Å²) in [6.07, 6.45) is 0. The van der Waals surface area contributed by atoms with E-state index in [1.165, 1.54) is 18.2 Å². The third kappa shape index (κ3) is 3.05. The molecule has 2 aromatic carbocycles. The minimum absolute atomic E-state index is 0.110. The Morgan fingerprint density at radius 1 is 1.12 bits per heavy atom. The first-order valence-corrected chi connectivity index (χ1v) is 5.81. The van der Waals surface area contributed by atoms with Crippen LogP contribution in [-0.2, 0) is 6.61 Å². The van der Waals surface area contributed by atoms with E-state index in [2.05, 4.69) is 15.9 Å². The Morgan fingerprint density at radius 3 is 2.47 bits per heavy atom. The molecule has 0 heterocycles. The number of aliphatic hydroxyl groups is 1. The van der Waals surface area contributed by atoms with Crippen molar-refractivity contribution >= 4 is 15.9 Å². The molecule has 0 aliphatic rings. The van der Waals surface area contributed by atoms with E-state index in [4.69, 9.17) is 9.84 Å². The monoisotopic (exact) mass is 296 g/mol. The fourth-order valence-corrected chi connectivity index (χ4v) is 1.62. The summed E-state index contributed by atoms with van der Waals surface area (Å²) in [5, 5.41) is 8.97. The van der Waals surface area contributed by atoms with Crippen LogP contribution in [0.15, 0.2) is 46.9 Å². The molecule has 0 unspecified atom stereocenters. The number of rotatable bonds is 3. The van der Waals surface area contributed by atoms with Crippen LogP contribution >= 0.6 is 15.9 Å². The molecule has 2 aromatic rings. The first-order valence-electron chi connectivity index (χ1n) is 5.02. The largest absolute Gasteiger partial charge is 0.454 e. The lowest BCUT2D eigenvalue weighted by molar-refractivity contribution is 0.281. The van der Waals surface area contributed by atoms with E-state index in [0.29, 0.717) is 11.3 Å². The Labute approximate surface area is 107 Å². The fourth-order valence-electron chi connectivity index (χ4n) is 1.35. The van der Waals surface area contributed by atoms with E-state index >= 15 is 0 Å². The van der Waals surface area contributed by atoms with Crippen molar-refractivity contribution in [2.75, 3.05) is 0 Å². The Hall–Kier alpha value is -1.39. The van der Waals surface area contributed by atoms with Crippen LogP contribution in [0.5, 0.6) is 11.5 Å².